The van der Waals surface area contributed by atoms with Crippen LogP contribution in [0.15, 0.2) is 16.5 Å². The van der Waals surface area contributed by atoms with Crippen molar-refractivity contribution in [3.8, 4) is 10.6 Å². The zero-order valence-corrected chi connectivity index (χ0v) is 9.72. The molecule has 0 aliphatic rings. The summed E-state index contributed by atoms with van der Waals surface area (Å²) < 4.78 is 5.46. The maximum absolute atomic E-state index is 10.9. The highest BCUT2D eigenvalue weighted by Gasteiger charge is 2.20. The summed E-state index contributed by atoms with van der Waals surface area (Å²) in [5.41, 5.74) is 6.82. The first-order valence-electron chi connectivity index (χ1n) is 4.69. The Hall–Kier alpha value is -1.75. The van der Waals surface area contributed by atoms with E-state index < -0.39 is 5.97 Å². The van der Waals surface area contributed by atoms with E-state index >= 15 is 0 Å². The summed E-state index contributed by atoms with van der Waals surface area (Å²) in [6, 6.07) is 3.66. The van der Waals surface area contributed by atoms with Crippen molar-refractivity contribution in [2.75, 3.05) is 5.73 Å². The van der Waals surface area contributed by atoms with Gasteiger partial charge in [0.15, 0.2) is 0 Å². The Labute approximate surface area is 96.3 Å². The Morgan fingerprint density at radius 2 is 2.12 bits per heavy atom. The largest absolute Gasteiger partial charge is 0.477 e. The van der Waals surface area contributed by atoms with Crippen LogP contribution >= 0.6 is 11.3 Å². The van der Waals surface area contributed by atoms with Gasteiger partial charge in [-0.15, -0.1) is 11.3 Å². The SMILES string of the molecule is Cc1ccc(-c2sc(C(=O)O)c(N)c2C)o1. The van der Waals surface area contributed by atoms with E-state index in [1.165, 1.54) is 0 Å². The normalized spacial score (nSPS) is 10.6. The van der Waals surface area contributed by atoms with E-state index in [2.05, 4.69) is 0 Å². The van der Waals surface area contributed by atoms with Crippen LogP contribution in [0.25, 0.3) is 10.6 Å². The molecule has 0 unspecified atom stereocenters. The lowest BCUT2D eigenvalue weighted by Gasteiger charge is -1.94. The maximum atomic E-state index is 10.9. The third-order valence-corrected chi connectivity index (χ3v) is 3.66. The van der Waals surface area contributed by atoms with Gasteiger partial charge in [-0.25, -0.2) is 4.79 Å². The van der Waals surface area contributed by atoms with Crippen molar-refractivity contribution in [3.05, 3.63) is 28.3 Å². The van der Waals surface area contributed by atoms with Crippen molar-refractivity contribution in [2.45, 2.75) is 13.8 Å². The molecular formula is C11H11NO3S. The highest BCUT2D eigenvalue weighted by molar-refractivity contribution is 7.18. The summed E-state index contributed by atoms with van der Waals surface area (Å²) in [6.45, 7) is 3.64. The third kappa shape index (κ3) is 1.59. The third-order valence-electron chi connectivity index (χ3n) is 2.35. The second kappa shape index (κ2) is 3.68. The van der Waals surface area contributed by atoms with Crippen molar-refractivity contribution in [1.29, 1.82) is 0 Å². The highest BCUT2D eigenvalue weighted by atomic mass is 32.1. The van der Waals surface area contributed by atoms with Crippen molar-refractivity contribution in [3.63, 3.8) is 0 Å². The molecule has 16 heavy (non-hydrogen) atoms. The number of carbonyl (C=O) groups is 1. The summed E-state index contributed by atoms with van der Waals surface area (Å²) in [5.74, 6) is 0.456. The molecule has 0 saturated heterocycles. The number of carboxylic acids is 1. The first-order valence-corrected chi connectivity index (χ1v) is 5.51. The van der Waals surface area contributed by atoms with Crippen LogP contribution in [-0.4, -0.2) is 11.1 Å². The van der Waals surface area contributed by atoms with Crippen molar-refractivity contribution >= 4 is 23.0 Å². The average Bonchev–Trinajstić information content (AvgIpc) is 2.74. The van der Waals surface area contributed by atoms with Crippen molar-refractivity contribution in [1.82, 2.24) is 0 Å². The van der Waals surface area contributed by atoms with E-state index in [1.54, 1.807) is 6.92 Å². The molecule has 2 rings (SSSR count). The van der Waals surface area contributed by atoms with Gasteiger partial charge in [0.1, 0.15) is 16.4 Å². The lowest BCUT2D eigenvalue weighted by Crippen LogP contribution is -1.97. The van der Waals surface area contributed by atoms with Crippen LogP contribution in [0.4, 0.5) is 5.69 Å². The highest BCUT2D eigenvalue weighted by Crippen LogP contribution is 2.38. The van der Waals surface area contributed by atoms with Gasteiger partial charge in [-0.2, -0.15) is 0 Å². The van der Waals surface area contributed by atoms with Gasteiger partial charge in [-0.1, -0.05) is 0 Å². The fraction of sp³-hybridized carbons (Fsp3) is 0.182. The monoisotopic (exact) mass is 237 g/mol. The van der Waals surface area contributed by atoms with Crippen LogP contribution in [0.1, 0.15) is 21.0 Å². The molecule has 2 aromatic heterocycles. The van der Waals surface area contributed by atoms with Gasteiger partial charge in [0.25, 0.3) is 0 Å². The second-order valence-corrected chi connectivity index (χ2v) is 4.54. The molecule has 0 amide bonds. The van der Waals surface area contributed by atoms with Crippen molar-refractivity contribution in [2.24, 2.45) is 0 Å². The molecule has 0 aliphatic carbocycles. The molecule has 2 heterocycles. The Bertz CT molecular complexity index is 554. The van der Waals surface area contributed by atoms with E-state index in [1.807, 2.05) is 19.1 Å². The summed E-state index contributed by atoms with van der Waals surface area (Å²) in [5, 5.41) is 8.96. The van der Waals surface area contributed by atoms with Crippen LogP contribution in [0.2, 0.25) is 0 Å². The molecule has 2 aromatic rings. The van der Waals surface area contributed by atoms with E-state index in [9.17, 15) is 4.79 Å². The summed E-state index contributed by atoms with van der Waals surface area (Å²) in [6.07, 6.45) is 0. The lowest BCUT2D eigenvalue weighted by atomic mass is 10.2. The number of thiophene rings is 1. The van der Waals surface area contributed by atoms with E-state index in [0.717, 1.165) is 27.5 Å². The number of aromatic carboxylic acids is 1. The molecule has 0 radical (unpaired) electrons. The first-order chi connectivity index (χ1) is 7.50. The molecule has 0 atom stereocenters. The fourth-order valence-corrected chi connectivity index (χ4v) is 2.50. The number of hydrogen-bond acceptors (Lipinski definition) is 4. The standard InChI is InChI=1S/C11H11NO3S/c1-5-3-4-7(15-5)9-6(2)8(12)10(16-9)11(13)14/h3-4H,12H2,1-2H3,(H,13,14). The molecule has 0 spiro atoms. The Balaban J connectivity index is 2.58. The van der Waals surface area contributed by atoms with Gasteiger partial charge in [0, 0.05) is 0 Å². The number of anilines is 1. The molecular weight excluding hydrogens is 226 g/mol. The van der Waals surface area contributed by atoms with E-state index in [4.69, 9.17) is 15.3 Å². The summed E-state index contributed by atoms with van der Waals surface area (Å²) >= 11 is 1.14. The molecule has 84 valence electrons. The van der Waals surface area contributed by atoms with E-state index in [0.29, 0.717) is 11.4 Å². The number of rotatable bonds is 2. The smallest absolute Gasteiger partial charge is 0.348 e. The number of nitrogen functional groups attached to an aromatic ring is 1. The average molecular weight is 237 g/mol. The van der Waals surface area contributed by atoms with Gasteiger partial charge in [-0.05, 0) is 31.5 Å². The van der Waals surface area contributed by atoms with Gasteiger partial charge in [0.05, 0.1) is 10.6 Å². The van der Waals surface area contributed by atoms with Crippen LogP contribution in [-0.2, 0) is 0 Å². The first kappa shape index (κ1) is 10.8. The van der Waals surface area contributed by atoms with Gasteiger partial charge in [0.2, 0.25) is 0 Å². The van der Waals surface area contributed by atoms with Crippen LogP contribution in [0.5, 0.6) is 0 Å². The van der Waals surface area contributed by atoms with Crippen molar-refractivity contribution < 1.29 is 14.3 Å². The molecule has 3 N–H and O–H groups in total. The minimum Gasteiger partial charge on any atom is -0.477 e. The van der Waals surface area contributed by atoms with Gasteiger partial charge in [-0.3, -0.25) is 0 Å². The summed E-state index contributed by atoms with van der Waals surface area (Å²) in [7, 11) is 0. The number of nitrogens with two attached hydrogens (primary N) is 1. The molecule has 4 nitrogen and oxygen atoms in total. The second-order valence-electron chi connectivity index (χ2n) is 3.51. The zero-order chi connectivity index (χ0) is 11.9. The number of hydrogen-bond donors (Lipinski definition) is 2. The Kier molecular flexibility index (Phi) is 2.47. The number of furan rings is 1. The molecule has 0 aromatic carbocycles. The molecule has 0 fully saturated rings. The van der Waals surface area contributed by atoms with Crippen LogP contribution < -0.4 is 5.73 Å². The number of carboxylic acid groups (broad SMARTS) is 1. The van der Waals surface area contributed by atoms with E-state index in [-0.39, 0.29) is 4.88 Å². The summed E-state index contributed by atoms with van der Waals surface area (Å²) in [4.78, 5) is 11.9. The predicted octanol–water partition coefficient (Wildman–Crippen LogP) is 2.91. The van der Waals surface area contributed by atoms with Gasteiger partial charge >= 0.3 is 5.97 Å². The van der Waals surface area contributed by atoms with Crippen LogP contribution in [0.3, 0.4) is 0 Å². The molecule has 5 heteroatoms. The Morgan fingerprint density at radius 1 is 1.44 bits per heavy atom. The topological polar surface area (TPSA) is 76.5 Å². The van der Waals surface area contributed by atoms with Gasteiger partial charge < -0.3 is 15.3 Å². The lowest BCUT2D eigenvalue weighted by molar-refractivity contribution is 0.0703. The quantitative estimate of drug-likeness (QED) is 0.841. The Morgan fingerprint density at radius 3 is 2.56 bits per heavy atom. The molecule has 0 bridgehead atoms. The fourth-order valence-electron chi connectivity index (χ4n) is 1.48. The zero-order valence-electron chi connectivity index (χ0n) is 8.90. The molecule has 0 aliphatic heterocycles. The number of aryl methyl sites for hydroxylation is 1. The minimum absolute atomic E-state index is 0.168. The van der Waals surface area contributed by atoms with Crippen LogP contribution in [0, 0.1) is 13.8 Å². The molecule has 0 saturated carbocycles. The maximum Gasteiger partial charge on any atom is 0.348 e. The minimum atomic E-state index is -1.000. The predicted molar refractivity (Wildman–Crippen MR) is 62.9 cm³/mol.